The topological polar surface area (TPSA) is 72.1 Å². The number of hydrogen-bond acceptors (Lipinski definition) is 5. The average molecular weight is 324 g/mol. The molecule has 1 aliphatic heterocycles. The van der Waals surface area contributed by atoms with Crippen LogP contribution >= 0.6 is 11.3 Å². The number of hydrogen-bond donors (Lipinski definition) is 1. The molecular formula is C17H16N4OS. The van der Waals surface area contributed by atoms with Gasteiger partial charge in [0.2, 0.25) is 5.91 Å². The summed E-state index contributed by atoms with van der Waals surface area (Å²) in [4.78, 5) is 24.3. The van der Waals surface area contributed by atoms with E-state index in [2.05, 4.69) is 4.98 Å². The standard InChI is InChI=1S/C17H16N4OS/c18-15(22)13-7-3-9-21(13)17-11-5-1-2-6-12(11)19-16(20-17)14-8-4-10-23-14/h1-2,4-6,8,10,13H,3,7,9H2,(H2,18,22)/t13-/m0/s1. The summed E-state index contributed by atoms with van der Waals surface area (Å²) < 4.78 is 0. The third-order valence-electron chi connectivity index (χ3n) is 4.18. The Balaban J connectivity index is 1.92. The van der Waals surface area contributed by atoms with Crippen LogP contribution in [0.4, 0.5) is 5.82 Å². The summed E-state index contributed by atoms with van der Waals surface area (Å²) in [6.45, 7) is 0.790. The predicted molar refractivity (Wildman–Crippen MR) is 92.4 cm³/mol. The molecule has 0 unspecified atom stereocenters. The number of rotatable bonds is 3. The molecule has 6 heteroatoms. The van der Waals surface area contributed by atoms with Crippen molar-refractivity contribution >= 4 is 34.0 Å². The molecule has 0 aliphatic carbocycles. The first-order valence-electron chi connectivity index (χ1n) is 7.60. The van der Waals surface area contributed by atoms with Crippen LogP contribution in [0.5, 0.6) is 0 Å². The number of anilines is 1. The Labute approximate surface area is 137 Å². The summed E-state index contributed by atoms with van der Waals surface area (Å²) in [7, 11) is 0. The van der Waals surface area contributed by atoms with Crippen LogP contribution in [0.2, 0.25) is 0 Å². The SMILES string of the molecule is NC(=O)[C@@H]1CCCN1c1nc(-c2cccs2)nc2ccccc12. The van der Waals surface area contributed by atoms with Crippen LogP contribution in [0.1, 0.15) is 12.8 Å². The third-order valence-corrected chi connectivity index (χ3v) is 5.04. The van der Waals surface area contributed by atoms with Crippen LogP contribution in [0.25, 0.3) is 21.6 Å². The zero-order chi connectivity index (χ0) is 15.8. The number of primary amides is 1. The number of fused-ring (bicyclic) bond motifs is 1. The fourth-order valence-electron chi connectivity index (χ4n) is 3.11. The van der Waals surface area contributed by atoms with Crippen LogP contribution in [0.3, 0.4) is 0 Å². The Bertz CT molecular complexity index is 862. The highest BCUT2D eigenvalue weighted by molar-refractivity contribution is 7.13. The number of benzene rings is 1. The lowest BCUT2D eigenvalue weighted by molar-refractivity contribution is -0.119. The first kappa shape index (κ1) is 14.1. The molecule has 2 N–H and O–H groups in total. The summed E-state index contributed by atoms with van der Waals surface area (Å²) in [6, 6.07) is 11.6. The average Bonchev–Trinajstić information content (AvgIpc) is 3.25. The number of nitrogens with two attached hydrogens (primary N) is 1. The monoisotopic (exact) mass is 324 g/mol. The zero-order valence-corrected chi connectivity index (χ0v) is 13.3. The van der Waals surface area contributed by atoms with E-state index in [1.54, 1.807) is 11.3 Å². The van der Waals surface area contributed by atoms with Crippen LogP contribution in [-0.2, 0) is 4.79 Å². The smallest absolute Gasteiger partial charge is 0.240 e. The van der Waals surface area contributed by atoms with Gasteiger partial charge >= 0.3 is 0 Å². The van der Waals surface area contributed by atoms with E-state index in [4.69, 9.17) is 10.7 Å². The van der Waals surface area contributed by atoms with Crippen LogP contribution in [0.15, 0.2) is 41.8 Å². The maximum absolute atomic E-state index is 11.8. The molecule has 0 bridgehead atoms. The van der Waals surface area contributed by atoms with Crippen molar-refractivity contribution in [1.82, 2.24) is 9.97 Å². The van der Waals surface area contributed by atoms with Gasteiger partial charge in [0.1, 0.15) is 11.9 Å². The van der Waals surface area contributed by atoms with E-state index < -0.39 is 0 Å². The van der Waals surface area contributed by atoms with Gasteiger partial charge in [-0.25, -0.2) is 9.97 Å². The summed E-state index contributed by atoms with van der Waals surface area (Å²) in [5.74, 6) is 1.21. The Hall–Kier alpha value is -2.47. The molecule has 0 saturated carbocycles. The van der Waals surface area contributed by atoms with Gasteiger partial charge in [0.25, 0.3) is 0 Å². The minimum absolute atomic E-state index is 0.288. The highest BCUT2D eigenvalue weighted by atomic mass is 32.1. The van der Waals surface area contributed by atoms with Gasteiger partial charge < -0.3 is 10.6 Å². The van der Waals surface area contributed by atoms with E-state index in [1.165, 1.54) is 0 Å². The number of thiophene rings is 1. The number of carbonyl (C=O) groups excluding carboxylic acids is 1. The molecule has 0 radical (unpaired) electrons. The van der Waals surface area contributed by atoms with Gasteiger partial charge in [0.05, 0.1) is 10.4 Å². The van der Waals surface area contributed by atoms with E-state index in [-0.39, 0.29) is 11.9 Å². The second-order valence-corrected chi connectivity index (χ2v) is 6.57. The Morgan fingerprint density at radius 2 is 2.09 bits per heavy atom. The molecule has 1 saturated heterocycles. The summed E-state index contributed by atoms with van der Waals surface area (Å²) in [5.41, 5.74) is 6.47. The number of aromatic nitrogens is 2. The molecule has 3 aromatic rings. The lowest BCUT2D eigenvalue weighted by Gasteiger charge is -2.24. The van der Waals surface area contributed by atoms with Crippen molar-refractivity contribution in [2.45, 2.75) is 18.9 Å². The second-order valence-electron chi connectivity index (χ2n) is 5.62. The molecule has 5 nitrogen and oxygen atoms in total. The van der Waals surface area contributed by atoms with Gasteiger partial charge in [-0.3, -0.25) is 4.79 Å². The molecule has 0 spiro atoms. The fourth-order valence-corrected chi connectivity index (χ4v) is 3.77. The van der Waals surface area contributed by atoms with E-state index in [0.29, 0.717) is 5.82 Å². The Kier molecular flexibility index (Phi) is 3.46. The fraction of sp³-hybridized carbons (Fsp3) is 0.235. The highest BCUT2D eigenvalue weighted by Crippen LogP contribution is 2.33. The molecule has 2 aromatic heterocycles. The van der Waals surface area contributed by atoms with E-state index in [1.807, 2.05) is 46.7 Å². The molecule has 116 valence electrons. The van der Waals surface area contributed by atoms with Crippen molar-refractivity contribution in [3.63, 3.8) is 0 Å². The first-order chi connectivity index (χ1) is 11.2. The quantitative estimate of drug-likeness (QED) is 0.804. The maximum Gasteiger partial charge on any atom is 0.240 e. The van der Waals surface area contributed by atoms with E-state index in [9.17, 15) is 4.79 Å². The Morgan fingerprint density at radius 1 is 1.22 bits per heavy atom. The highest BCUT2D eigenvalue weighted by Gasteiger charge is 2.31. The number of amides is 1. The molecule has 1 aliphatic rings. The van der Waals surface area contributed by atoms with Gasteiger partial charge in [0, 0.05) is 11.9 Å². The van der Waals surface area contributed by atoms with Crippen molar-refractivity contribution in [2.75, 3.05) is 11.4 Å². The van der Waals surface area contributed by atoms with Gasteiger partial charge in [0.15, 0.2) is 5.82 Å². The minimum Gasteiger partial charge on any atom is -0.368 e. The van der Waals surface area contributed by atoms with Crippen molar-refractivity contribution in [3.05, 3.63) is 41.8 Å². The van der Waals surface area contributed by atoms with Gasteiger partial charge in [-0.2, -0.15) is 0 Å². The number of carbonyl (C=O) groups is 1. The largest absolute Gasteiger partial charge is 0.368 e. The summed E-state index contributed by atoms with van der Waals surface area (Å²) in [6.07, 6.45) is 1.72. The second kappa shape index (κ2) is 5.62. The van der Waals surface area contributed by atoms with Gasteiger partial charge in [-0.05, 0) is 36.4 Å². The van der Waals surface area contributed by atoms with Gasteiger partial charge in [-0.1, -0.05) is 18.2 Å². The normalized spacial score (nSPS) is 17.7. The van der Waals surface area contributed by atoms with Crippen LogP contribution < -0.4 is 10.6 Å². The lowest BCUT2D eigenvalue weighted by atomic mass is 10.2. The maximum atomic E-state index is 11.8. The van der Waals surface area contributed by atoms with Crippen LogP contribution in [-0.4, -0.2) is 28.5 Å². The van der Waals surface area contributed by atoms with Crippen molar-refractivity contribution in [3.8, 4) is 10.7 Å². The first-order valence-corrected chi connectivity index (χ1v) is 8.48. The zero-order valence-electron chi connectivity index (χ0n) is 12.5. The minimum atomic E-state index is -0.289. The van der Waals surface area contributed by atoms with E-state index in [0.717, 1.165) is 41.0 Å². The van der Waals surface area contributed by atoms with Crippen molar-refractivity contribution in [2.24, 2.45) is 5.73 Å². The summed E-state index contributed by atoms with van der Waals surface area (Å²) >= 11 is 1.61. The number of para-hydroxylation sites is 1. The molecule has 3 heterocycles. The van der Waals surface area contributed by atoms with Crippen molar-refractivity contribution in [1.29, 1.82) is 0 Å². The predicted octanol–water partition coefficient (Wildman–Crippen LogP) is 2.81. The number of nitrogens with zero attached hydrogens (tertiary/aromatic N) is 3. The summed E-state index contributed by atoms with van der Waals surface area (Å²) in [5, 5.41) is 2.97. The van der Waals surface area contributed by atoms with E-state index >= 15 is 0 Å². The molecule has 4 rings (SSSR count). The molecule has 23 heavy (non-hydrogen) atoms. The molecule has 1 atom stereocenters. The third kappa shape index (κ3) is 2.45. The molecule has 1 amide bonds. The van der Waals surface area contributed by atoms with Crippen LogP contribution in [0, 0.1) is 0 Å². The van der Waals surface area contributed by atoms with Crippen molar-refractivity contribution < 1.29 is 4.79 Å². The Morgan fingerprint density at radius 3 is 2.87 bits per heavy atom. The molecule has 1 aromatic carbocycles. The lowest BCUT2D eigenvalue weighted by Crippen LogP contribution is -2.40. The molecule has 1 fully saturated rings. The van der Waals surface area contributed by atoms with Gasteiger partial charge in [-0.15, -0.1) is 11.3 Å². The molecular weight excluding hydrogens is 308 g/mol.